The highest BCUT2D eigenvalue weighted by molar-refractivity contribution is 6.35. The van der Waals surface area contributed by atoms with E-state index in [1.54, 1.807) is 47.6 Å². The lowest BCUT2D eigenvalue weighted by Crippen LogP contribution is -2.43. The van der Waals surface area contributed by atoms with Gasteiger partial charge in [0.2, 0.25) is 0 Å². The molecule has 0 unspecified atom stereocenters. The van der Waals surface area contributed by atoms with Crippen LogP contribution in [0.4, 0.5) is 10.5 Å². The zero-order valence-corrected chi connectivity index (χ0v) is 17.5. The number of esters is 1. The fraction of sp³-hybridized carbons (Fsp3) is 0.190. The number of carbonyl (C=O) groups is 2. The van der Waals surface area contributed by atoms with Crippen molar-refractivity contribution in [2.24, 2.45) is 0 Å². The Balaban J connectivity index is 1.63. The molecule has 0 bridgehead atoms. The molecule has 0 saturated carbocycles. The van der Waals surface area contributed by atoms with E-state index in [4.69, 9.17) is 27.9 Å². The topological polar surface area (TPSA) is 87.3 Å². The number of fused-ring (bicyclic) bond motifs is 1. The summed E-state index contributed by atoms with van der Waals surface area (Å²) in [5, 5.41) is 3.86. The van der Waals surface area contributed by atoms with Gasteiger partial charge >= 0.3 is 12.0 Å². The molecule has 1 aromatic heterocycles. The van der Waals surface area contributed by atoms with Crippen molar-refractivity contribution in [2.45, 2.75) is 12.5 Å². The molecule has 7 nitrogen and oxygen atoms in total. The van der Waals surface area contributed by atoms with E-state index in [2.05, 4.69) is 15.3 Å². The van der Waals surface area contributed by atoms with Gasteiger partial charge in [-0.3, -0.25) is 0 Å². The van der Waals surface area contributed by atoms with Crippen molar-refractivity contribution in [1.82, 2.24) is 14.9 Å². The Morgan fingerprint density at radius 1 is 1.20 bits per heavy atom. The zero-order valence-electron chi connectivity index (χ0n) is 16.0. The van der Waals surface area contributed by atoms with Crippen LogP contribution in [0.15, 0.2) is 48.8 Å². The summed E-state index contributed by atoms with van der Waals surface area (Å²) in [7, 11) is 1.32. The zero-order chi connectivity index (χ0) is 21.3. The quantitative estimate of drug-likeness (QED) is 0.573. The predicted octanol–water partition coefficient (Wildman–Crippen LogP) is 4.68. The van der Waals surface area contributed by atoms with Crippen molar-refractivity contribution < 1.29 is 14.3 Å². The fourth-order valence-corrected chi connectivity index (χ4v) is 4.05. The first-order valence-corrected chi connectivity index (χ1v) is 9.96. The number of carbonyl (C=O) groups excluding carboxylic acids is 2. The van der Waals surface area contributed by atoms with Gasteiger partial charge in [-0.2, -0.15) is 0 Å². The van der Waals surface area contributed by atoms with Crippen LogP contribution in [0.25, 0.3) is 0 Å². The Labute approximate surface area is 183 Å². The van der Waals surface area contributed by atoms with Gasteiger partial charge in [-0.25, -0.2) is 14.6 Å². The minimum Gasteiger partial charge on any atom is -0.465 e. The number of anilines is 1. The number of nitrogens with zero attached hydrogens (tertiary/aromatic N) is 2. The minimum atomic E-state index is -0.459. The van der Waals surface area contributed by atoms with Gasteiger partial charge < -0.3 is 19.9 Å². The minimum absolute atomic E-state index is 0.300. The molecule has 2 heterocycles. The number of hydrogen-bond donors (Lipinski definition) is 2. The van der Waals surface area contributed by atoms with E-state index in [0.29, 0.717) is 34.3 Å². The number of urea groups is 1. The van der Waals surface area contributed by atoms with Crippen molar-refractivity contribution in [3.05, 3.63) is 81.4 Å². The smallest absolute Gasteiger partial charge is 0.337 e. The van der Waals surface area contributed by atoms with Crippen LogP contribution < -0.4 is 5.32 Å². The SMILES string of the molecule is COC(=O)c1ccc(NC(=O)N2CCc3[nH]cnc3[C@H]2c2ccc(Cl)cc2Cl)cc1. The van der Waals surface area contributed by atoms with E-state index in [1.165, 1.54) is 7.11 Å². The molecule has 0 fully saturated rings. The van der Waals surface area contributed by atoms with Crippen LogP contribution in [0, 0.1) is 0 Å². The summed E-state index contributed by atoms with van der Waals surface area (Å²) in [6, 6.07) is 10.9. The maximum Gasteiger partial charge on any atom is 0.337 e. The molecule has 30 heavy (non-hydrogen) atoms. The summed E-state index contributed by atoms with van der Waals surface area (Å²) < 4.78 is 4.69. The number of halogens is 2. The number of methoxy groups -OCH3 is 1. The third kappa shape index (κ3) is 3.86. The molecule has 4 rings (SSSR count). The summed E-state index contributed by atoms with van der Waals surface area (Å²) in [6.45, 7) is 0.477. The molecule has 2 N–H and O–H groups in total. The van der Waals surface area contributed by atoms with E-state index < -0.39 is 12.0 Å². The van der Waals surface area contributed by atoms with E-state index in [-0.39, 0.29) is 6.03 Å². The number of rotatable bonds is 3. The second-order valence-corrected chi connectivity index (χ2v) is 7.62. The number of ether oxygens (including phenoxy) is 1. The van der Waals surface area contributed by atoms with E-state index in [0.717, 1.165) is 17.0 Å². The van der Waals surface area contributed by atoms with Gasteiger partial charge in [-0.15, -0.1) is 0 Å². The van der Waals surface area contributed by atoms with E-state index in [9.17, 15) is 9.59 Å². The highest BCUT2D eigenvalue weighted by Gasteiger charge is 2.35. The molecule has 0 radical (unpaired) electrons. The summed E-state index contributed by atoms with van der Waals surface area (Å²) in [5.41, 5.74) is 3.42. The van der Waals surface area contributed by atoms with Crippen molar-refractivity contribution in [3.8, 4) is 0 Å². The average Bonchev–Trinajstić information content (AvgIpc) is 3.22. The highest BCUT2D eigenvalue weighted by atomic mass is 35.5. The molecule has 9 heteroatoms. The Morgan fingerprint density at radius 2 is 1.97 bits per heavy atom. The Hall–Kier alpha value is -3.03. The van der Waals surface area contributed by atoms with Crippen LogP contribution in [0.2, 0.25) is 10.0 Å². The van der Waals surface area contributed by atoms with Crippen LogP contribution in [0.5, 0.6) is 0 Å². The van der Waals surface area contributed by atoms with Gasteiger partial charge in [0.05, 0.1) is 24.7 Å². The maximum absolute atomic E-state index is 13.2. The molecule has 0 saturated heterocycles. The van der Waals surface area contributed by atoms with E-state index in [1.807, 2.05) is 6.07 Å². The van der Waals surface area contributed by atoms with Gasteiger partial charge in [-0.05, 0) is 42.0 Å². The van der Waals surface area contributed by atoms with Crippen molar-refractivity contribution in [3.63, 3.8) is 0 Å². The first-order valence-electron chi connectivity index (χ1n) is 9.21. The largest absolute Gasteiger partial charge is 0.465 e. The van der Waals surface area contributed by atoms with Crippen LogP contribution in [0.1, 0.15) is 33.4 Å². The van der Waals surface area contributed by atoms with Gasteiger partial charge in [-0.1, -0.05) is 29.3 Å². The lowest BCUT2D eigenvalue weighted by atomic mass is 9.96. The summed E-state index contributed by atoms with van der Waals surface area (Å²) >= 11 is 12.5. The normalized spacial score (nSPS) is 15.4. The number of imidazole rings is 1. The monoisotopic (exact) mass is 444 g/mol. The molecule has 1 aliphatic heterocycles. The number of amides is 2. The molecule has 1 aliphatic rings. The molecule has 2 aromatic carbocycles. The summed E-state index contributed by atoms with van der Waals surface area (Å²) in [5.74, 6) is -0.438. The number of aromatic nitrogens is 2. The summed E-state index contributed by atoms with van der Waals surface area (Å²) in [6.07, 6.45) is 2.26. The average molecular weight is 445 g/mol. The first kappa shape index (κ1) is 20.3. The molecule has 3 aromatic rings. The molecule has 0 spiro atoms. The molecule has 1 atom stereocenters. The van der Waals surface area contributed by atoms with E-state index >= 15 is 0 Å². The van der Waals surface area contributed by atoms with Crippen LogP contribution in [0.3, 0.4) is 0 Å². The Kier molecular flexibility index (Phi) is 5.65. The van der Waals surface area contributed by atoms with Crippen LogP contribution >= 0.6 is 23.2 Å². The number of H-pyrrole nitrogens is 1. The predicted molar refractivity (Wildman–Crippen MR) is 114 cm³/mol. The molecule has 154 valence electrons. The fourth-order valence-electron chi connectivity index (χ4n) is 3.54. The van der Waals surface area contributed by atoms with Gasteiger partial charge in [0.15, 0.2) is 0 Å². The number of aromatic amines is 1. The van der Waals surface area contributed by atoms with Crippen LogP contribution in [-0.2, 0) is 11.2 Å². The van der Waals surface area contributed by atoms with Gasteiger partial charge in [0, 0.05) is 34.4 Å². The Bertz CT molecular complexity index is 1100. The third-order valence-electron chi connectivity index (χ3n) is 5.00. The van der Waals surface area contributed by atoms with Crippen molar-refractivity contribution in [2.75, 3.05) is 19.0 Å². The van der Waals surface area contributed by atoms with Gasteiger partial charge in [0.25, 0.3) is 0 Å². The lowest BCUT2D eigenvalue weighted by molar-refractivity contribution is 0.0600. The first-order chi connectivity index (χ1) is 14.5. The molecule has 0 aliphatic carbocycles. The maximum atomic E-state index is 13.2. The molecule has 2 amide bonds. The second-order valence-electron chi connectivity index (χ2n) is 6.78. The Morgan fingerprint density at radius 3 is 2.67 bits per heavy atom. The lowest BCUT2D eigenvalue weighted by Gasteiger charge is -2.35. The number of nitrogens with one attached hydrogen (secondary N) is 2. The third-order valence-corrected chi connectivity index (χ3v) is 5.56. The number of benzene rings is 2. The number of hydrogen-bond acceptors (Lipinski definition) is 4. The molecular formula is C21H18Cl2N4O3. The van der Waals surface area contributed by atoms with Crippen molar-refractivity contribution >= 4 is 40.9 Å². The van der Waals surface area contributed by atoms with Crippen LogP contribution in [-0.4, -0.2) is 40.5 Å². The highest BCUT2D eigenvalue weighted by Crippen LogP contribution is 2.38. The van der Waals surface area contributed by atoms with Crippen molar-refractivity contribution in [1.29, 1.82) is 0 Å². The summed E-state index contributed by atoms with van der Waals surface area (Å²) in [4.78, 5) is 34.0. The van der Waals surface area contributed by atoms with Gasteiger partial charge in [0.1, 0.15) is 6.04 Å². The second kappa shape index (κ2) is 8.38. The molecular weight excluding hydrogens is 427 g/mol. The standard InChI is InChI=1S/C21H18Cl2N4O3/c1-30-20(28)12-2-5-14(6-3-12)26-21(29)27-9-8-17-18(25-11-24-17)19(27)15-7-4-13(22)10-16(15)23/h2-7,10-11,19H,8-9H2,1H3,(H,24,25)(H,26,29)/t19-/m1/s1.